The molecule has 8 heteroatoms. The average molecular weight is 424 g/mol. The predicted molar refractivity (Wildman–Crippen MR) is 108 cm³/mol. The molecule has 1 fully saturated rings. The molecule has 4 aliphatic rings. The maximum absolute atomic E-state index is 12.6. The van der Waals surface area contributed by atoms with E-state index in [1.54, 1.807) is 6.08 Å². The fourth-order valence-corrected chi connectivity index (χ4v) is 6.12. The van der Waals surface area contributed by atoms with Gasteiger partial charge in [-0.3, -0.25) is 9.59 Å². The molecule has 5 rings (SSSR count). The fraction of sp³-hybridized carbons (Fsp3) is 0.524. The summed E-state index contributed by atoms with van der Waals surface area (Å²) < 4.78 is 6.15. The first kappa shape index (κ1) is 21.8. The number of aromatic hydroxyl groups is 1. The lowest BCUT2D eigenvalue weighted by atomic mass is 9.52. The van der Waals surface area contributed by atoms with Crippen molar-refractivity contribution in [2.45, 2.75) is 50.4 Å². The van der Waals surface area contributed by atoms with Gasteiger partial charge in [0.15, 0.2) is 23.1 Å². The molecule has 2 aliphatic carbocycles. The summed E-state index contributed by atoms with van der Waals surface area (Å²) in [6, 6.07) is 0.162. The van der Waals surface area contributed by atoms with Crippen LogP contribution in [-0.2, 0) is 11.8 Å². The second-order valence-corrected chi connectivity index (χ2v) is 8.38. The minimum absolute atomic E-state index is 0. The lowest BCUT2D eigenvalue weighted by Gasteiger charge is -2.56. The number of Topliss-reactive ketones (excluding diaryl/α,β-unsaturated/α-hetero) is 2. The highest BCUT2D eigenvalue weighted by atomic mass is 35.5. The first-order chi connectivity index (χ1) is 12.8. The number of ketones is 2. The molecule has 2 heterocycles. The minimum atomic E-state index is -0.787. The molecular formula is C21H26ClNO6. The molecule has 1 aromatic carbocycles. The third-order valence-corrected chi connectivity index (χ3v) is 7.15. The van der Waals surface area contributed by atoms with Gasteiger partial charge < -0.3 is 25.3 Å². The fourth-order valence-electron chi connectivity index (χ4n) is 6.12. The topological polar surface area (TPSA) is 119 Å². The number of phenols is 1. The number of hydrogen-bond donors (Lipinski definition) is 2. The second-order valence-electron chi connectivity index (χ2n) is 8.38. The monoisotopic (exact) mass is 423 g/mol. The molecule has 0 radical (unpaired) electrons. The maximum Gasteiger partial charge on any atom is 0.169 e. The van der Waals surface area contributed by atoms with E-state index in [4.69, 9.17) is 4.74 Å². The summed E-state index contributed by atoms with van der Waals surface area (Å²) in [5, 5.41) is 21.6. The van der Waals surface area contributed by atoms with E-state index >= 15 is 0 Å². The summed E-state index contributed by atoms with van der Waals surface area (Å²) in [5.41, 5.74) is 1.57. The van der Waals surface area contributed by atoms with Gasteiger partial charge in [0.1, 0.15) is 12.2 Å². The standard InChI is InChI=1S/C21H23NO5.ClH.H2O/c1-9(23)15-11-8-13-12-4-5-14(25)20-21(12,6-7-22(13)3)17(11)19(27-20)18(26)16(15)10(2)24;;/h4-5,12-14,20,25-26H,6-8H2,1-3H3;1H;1H2/t12-,13+,14-,20-,21-;;/m0../s1. The lowest BCUT2D eigenvalue weighted by Crippen LogP contribution is -2.65. The van der Waals surface area contributed by atoms with Crippen molar-refractivity contribution in [2.24, 2.45) is 5.92 Å². The number of aliphatic hydroxyl groups is 1. The highest BCUT2D eigenvalue weighted by Gasteiger charge is 2.65. The van der Waals surface area contributed by atoms with Gasteiger partial charge in [-0.25, -0.2) is 0 Å². The maximum atomic E-state index is 12.6. The van der Waals surface area contributed by atoms with E-state index < -0.39 is 17.6 Å². The quantitative estimate of drug-likeness (QED) is 0.545. The SMILES string of the molecule is CC(=O)c1c(O)c2c3c(c1C(C)=O)C[C@@H]1[C@@H]4C=C[C@H](O)[C@H](O2)[C@]34CCN1C.Cl.O. The Hall–Kier alpha value is -1.93. The first-order valence-corrected chi connectivity index (χ1v) is 9.46. The molecule has 4 N–H and O–H groups in total. The van der Waals surface area contributed by atoms with Gasteiger partial charge in [0.05, 0.1) is 5.56 Å². The highest BCUT2D eigenvalue weighted by molar-refractivity contribution is 6.11. The van der Waals surface area contributed by atoms with Gasteiger partial charge in [0, 0.05) is 28.5 Å². The van der Waals surface area contributed by atoms with Crippen LogP contribution in [0.1, 0.15) is 52.1 Å². The molecule has 7 nitrogen and oxygen atoms in total. The van der Waals surface area contributed by atoms with E-state index in [1.807, 2.05) is 0 Å². The Morgan fingerprint density at radius 2 is 1.86 bits per heavy atom. The molecule has 1 spiro atoms. The molecule has 0 aromatic heterocycles. The van der Waals surface area contributed by atoms with E-state index in [9.17, 15) is 19.8 Å². The van der Waals surface area contributed by atoms with Crippen LogP contribution in [0.2, 0.25) is 0 Å². The van der Waals surface area contributed by atoms with Crippen molar-refractivity contribution in [1.82, 2.24) is 4.90 Å². The number of rotatable bonds is 2. The summed E-state index contributed by atoms with van der Waals surface area (Å²) in [6.07, 6.45) is 3.96. The number of carbonyl (C=O) groups is 2. The normalized spacial score (nSPS) is 33.1. The van der Waals surface area contributed by atoms with Crippen LogP contribution in [-0.4, -0.2) is 64.0 Å². The van der Waals surface area contributed by atoms with Crippen LogP contribution in [0, 0.1) is 5.92 Å². The predicted octanol–water partition coefficient (Wildman–Crippen LogP) is 1.20. The average Bonchev–Trinajstić information content (AvgIpc) is 2.96. The number of likely N-dealkylation sites (N-methyl/N-ethyl adjacent to an activating group) is 1. The number of piperidine rings is 1. The lowest BCUT2D eigenvalue weighted by molar-refractivity contribution is -0.0453. The number of phenolic OH excluding ortho intramolecular Hbond substituents is 1. The van der Waals surface area contributed by atoms with Gasteiger partial charge in [-0.15, -0.1) is 12.4 Å². The van der Waals surface area contributed by atoms with Crippen LogP contribution in [0.4, 0.5) is 0 Å². The van der Waals surface area contributed by atoms with E-state index in [2.05, 4.69) is 18.0 Å². The Morgan fingerprint density at radius 3 is 2.48 bits per heavy atom. The highest BCUT2D eigenvalue weighted by Crippen LogP contribution is 2.63. The zero-order chi connectivity index (χ0) is 19.2. The molecule has 2 aliphatic heterocycles. The van der Waals surface area contributed by atoms with Gasteiger partial charge in [-0.2, -0.15) is 0 Å². The smallest absolute Gasteiger partial charge is 0.169 e. The molecule has 5 atom stereocenters. The number of hydrogen-bond acceptors (Lipinski definition) is 6. The van der Waals surface area contributed by atoms with Crippen molar-refractivity contribution in [3.8, 4) is 11.5 Å². The summed E-state index contributed by atoms with van der Waals surface area (Å²) in [6.45, 7) is 3.65. The van der Waals surface area contributed by atoms with Crippen LogP contribution in [0.15, 0.2) is 12.2 Å². The number of ether oxygens (including phenoxy) is 1. The van der Waals surface area contributed by atoms with E-state index in [-0.39, 0.29) is 52.7 Å². The van der Waals surface area contributed by atoms with Crippen molar-refractivity contribution in [3.63, 3.8) is 0 Å². The van der Waals surface area contributed by atoms with Crippen LogP contribution in [0.25, 0.3) is 0 Å². The van der Waals surface area contributed by atoms with Gasteiger partial charge in [-0.1, -0.05) is 12.2 Å². The molecule has 2 bridgehead atoms. The molecule has 1 aromatic rings. The summed E-state index contributed by atoms with van der Waals surface area (Å²) in [5.74, 6) is -0.397. The number of aliphatic hydroxyl groups excluding tert-OH is 1. The van der Waals surface area contributed by atoms with Crippen molar-refractivity contribution < 1.29 is 30.0 Å². The van der Waals surface area contributed by atoms with E-state index in [1.165, 1.54) is 13.8 Å². The Balaban J connectivity index is 0.00000120. The number of halogens is 1. The Labute approximate surface area is 175 Å². The largest absolute Gasteiger partial charge is 0.504 e. The number of benzene rings is 1. The van der Waals surface area contributed by atoms with Gasteiger partial charge >= 0.3 is 0 Å². The Morgan fingerprint density at radius 1 is 1.21 bits per heavy atom. The van der Waals surface area contributed by atoms with Crippen molar-refractivity contribution >= 4 is 24.0 Å². The number of carbonyl (C=O) groups excluding carboxylic acids is 2. The summed E-state index contributed by atoms with van der Waals surface area (Å²) >= 11 is 0. The minimum Gasteiger partial charge on any atom is -0.504 e. The zero-order valence-corrected chi connectivity index (χ0v) is 17.4. The third kappa shape index (κ3) is 2.42. The molecule has 0 saturated carbocycles. The molecule has 1 saturated heterocycles. The Bertz CT molecular complexity index is 944. The van der Waals surface area contributed by atoms with Crippen molar-refractivity contribution in [2.75, 3.05) is 13.6 Å². The van der Waals surface area contributed by atoms with Crippen LogP contribution in [0.3, 0.4) is 0 Å². The van der Waals surface area contributed by atoms with Crippen molar-refractivity contribution in [3.05, 3.63) is 34.4 Å². The van der Waals surface area contributed by atoms with Crippen LogP contribution >= 0.6 is 12.4 Å². The van der Waals surface area contributed by atoms with Gasteiger partial charge in [0.2, 0.25) is 0 Å². The second kappa shape index (κ2) is 6.80. The van der Waals surface area contributed by atoms with Gasteiger partial charge in [-0.05, 0) is 45.8 Å². The molecule has 0 amide bonds. The number of likely N-dealkylation sites (tertiary alicyclic amines) is 1. The third-order valence-electron chi connectivity index (χ3n) is 7.15. The summed E-state index contributed by atoms with van der Waals surface area (Å²) in [7, 11) is 2.08. The Kier molecular flexibility index (Phi) is 5.11. The molecule has 29 heavy (non-hydrogen) atoms. The van der Waals surface area contributed by atoms with E-state index in [0.29, 0.717) is 17.7 Å². The van der Waals surface area contributed by atoms with Crippen LogP contribution < -0.4 is 4.74 Å². The summed E-state index contributed by atoms with van der Waals surface area (Å²) in [4.78, 5) is 27.2. The molecule has 158 valence electrons. The molecule has 0 unspecified atom stereocenters. The molecular weight excluding hydrogens is 398 g/mol. The van der Waals surface area contributed by atoms with E-state index in [0.717, 1.165) is 24.1 Å². The van der Waals surface area contributed by atoms with Crippen LogP contribution in [0.5, 0.6) is 11.5 Å². The number of nitrogens with zero attached hydrogens (tertiary/aromatic N) is 1. The van der Waals surface area contributed by atoms with Crippen molar-refractivity contribution in [1.29, 1.82) is 0 Å². The zero-order valence-electron chi connectivity index (χ0n) is 16.6. The van der Waals surface area contributed by atoms with Gasteiger partial charge in [0.25, 0.3) is 0 Å². The first-order valence-electron chi connectivity index (χ1n) is 9.46.